The molecule has 1 unspecified atom stereocenters. The van der Waals surface area contributed by atoms with Crippen LogP contribution in [0.4, 0.5) is 15.0 Å². The van der Waals surface area contributed by atoms with Crippen LogP contribution in [0.1, 0.15) is 27.7 Å². The van der Waals surface area contributed by atoms with Crippen LogP contribution < -0.4 is 4.90 Å². The van der Waals surface area contributed by atoms with Gasteiger partial charge in [-0.1, -0.05) is 24.3 Å². The first kappa shape index (κ1) is 21.0. The van der Waals surface area contributed by atoms with Crippen LogP contribution in [0, 0.1) is 5.82 Å². The first-order chi connectivity index (χ1) is 14.7. The SMILES string of the molecule is CC1CN(C(=O)OC(C)(C)C)CCN1c1nnc(-c2ccc(F)cc2)c2ccccc12. The van der Waals surface area contributed by atoms with Crippen LogP contribution in [0.2, 0.25) is 0 Å². The maximum absolute atomic E-state index is 13.4. The van der Waals surface area contributed by atoms with Crippen molar-refractivity contribution < 1.29 is 13.9 Å². The van der Waals surface area contributed by atoms with E-state index in [0.29, 0.717) is 19.6 Å². The molecule has 0 spiro atoms. The summed E-state index contributed by atoms with van der Waals surface area (Å²) < 4.78 is 18.9. The fourth-order valence-corrected chi connectivity index (χ4v) is 3.89. The molecule has 1 saturated heterocycles. The fourth-order valence-electron chi connectivity index (χ4n) is 3.89. The molecule has 6 nitrogen and oxygen atoms in total. The molecule has 3 aromatic rings. The molecule has 0 aliphatic carbocycles. The largest absolute Gasteiger partial charge is 0.444 e. The van der Waals surface area contributed by atoms with E-state index in [-0.39, 0.29) is 18.0 Å². The number of nitrogens with zero attached hydrogens (tertiary/aromatic N) is 4. The van der Waals surface area contributed by atoms with Crippen molar-refractivity contribution in [1.82, 2.24) is 15.1 Å². The lowest BCUT2D eigenvalue weighted by atomic mass is 10.0. The maximum atomic E-state index is 13.4. The second-order valence-corrected chi connectivity index (χ2v) is 8.89. The van der Waals surface area contributed by atoms with E-state index in [1.807, 2.05) is 45.0 Å². The third-order valence-electron chi connectivity index (χ3n) is 5.34. The number of carbonyl (C=O) groups is 1. The number of benzene rings is 2. The van der Waals surface area contributed by atoms with Gasteiger partial charge in [0.2, 0.25) is 0 Å². The lowest BCUT2D eigenvalue weighted by Crippen LogP contribution is -2.55. The molecule has 1 amide bonds. The fraction of sp³-hybridized carbons (Fsp3) is 0.375. The quantitative estimate of drug-likeness (QED) is 0.589. The number of hydrogen-bond acceptors (Lipinski definition) is 5. The Labute approximate surface area is 181 Å². The molecular weight excluding hydrogens is 395 g/mol. The van der Waals surface area contributed by atoms with Gasteiger partial charge in [0.15, 0.2) is 5.82 Å². The summed E-state index contributed by atoms with van der Waals surface area (Å²) in [4.78, 5) is 16.4. The predicted octanol–water partition coefficient (Wildman–Crippen LogP) is 4.88. The van der Waals surface area contributed by atoms with Crippen molar-refractivity contribution in [3.63, 3.8) is 0 Å². The summed E-state index contributed by atoms with van der Waals surface area (Å²) in [6.07, 6.45) is -0.290. The summed E-state index contributed by atoms with van der Waals surface area (Å²) in [5, 5.41) is 11.0. The Morgan fingerprint density at radius 1 is 1.03 bits per heavy atom. The molecule has 0 N–H and O–H groups in total. The van der Waals surface area contributed by atoms with E-state index < -0.39 is 5.60 Å². The average molecular weight is 423 g/mol. The van der Waals surface area contributed by atoms with E-state index >= 15 is 0 Å². The maximum Gasteiger partial charge on any atom is 0.410 e. The molecule has 1 aromatic heterocycles. The lowest BCUT2D eigenvalue weighted by molar-refractivity contribution is 0.0218. The van der Waals surface area contributed by atoms with E-state index in [2.05, 4.69) is 22.0 Å². The third-order valence-corrected chi connectivity index (χ3v) is 5.34. The molecule has 1 fully saturated rings. The Morgan fingerprint density at radius 3 is 2.35 bits per heavy atom. The molecule has 0 bridgehead atoms. The minimum Gasteiger partial charge on any atom is -0.444 e. The molecule has 31 heavy (non-hydrogen) atoms. The van der Waals surface area contributed by atoms with Gasteiger partial charge in [-0.25, -0.2) is 9.18 Å². The van der Waals surface area contributed by atoms with Crippen LogP contribution in [0.15, 0.2) is 48.5 Å². The Hall–Kier alpha value is -3.22. The molecule has 1 aliphatic heterocycles. The highest BCUT2D eigenvalue weighted by Gasteiger charge is 2.31. The smallest absolute Gasteiger partial charge is 0.410 e. The molecule has 7 heteroatoms. The van der Waals surface area contributed by atoms with Crippen LogP contribution in [0.3, 0.4) is 0 Å². The van der Waals surface area contributed by atoms with E-state index in [1.165, 1.54) is 12.1 Å². The van der Waals surface area contributed by atoms with Crippen molar-refractivity contribution in [3.8, 4) is 11.3 Å². The van der Waals surface area contributed by atoms with Crippen molar-refractivity contribution in [2.75, 3.05) is 24.5 Å². The number of halogens is 1. The van der Waals surface area contributed by atoms with Gasteiger partial charge in [0.1, 0.15) is 17.1 Å². The van der Waals surface area contributed by atoms with Crippen molar-refractivity contribution in [2.45, 2.75) is 39.3 Å². The van der Waals surface area contributed by atoms with Crippen molar-refractivity contribution in [1.29, 1.82) is 0 Å². The highest BCUT2D eigenvalue weighted by atomic mass is 19.1. The molecule has 1 aliphatic rings. The Bertz CT molecular complexity index is 1090. The van der Waals surface area contributed by atoms with Crippen LogP contribution in [0.25, 0.3) is 22.0 Å². The topological polar surface area (TPSA) is 58.6 Å². The minimum absolute atomic E-state index is 0.0515. The second-order valence-electron chi connectivity index (χ2n) is 8.89. The highest BCUT2D eigenvalue weighted by Crippen LogP contribution is 2.33. The number of fused-ring (bicyclic) bond motifs is 1. The first-order valence-electron chi connectivity index (χ1n) is 10.5. The molecule has 0 saturated carbocycles. The normalized spacial score (nSPS) is 17.1. The monoisotopic (exact) mass is 422 g/mol. The van der Waals surface area contributed by atoms with Crippen molar-refractivity contribution in [3.05, 3.63) is 54.3 Å². The van der Waals surface area contributed by atoms with Crippen LogP contribution in [-0.4, -0.2) is 52.5 Å². The molecule has 4 rings (SSSR count). The molecule has 0 radical (unpaired) electrons. The number of piperazine rings is 1. The molecule has 1 atom stereocenters. The molecule has 2 aromatic carbocycles. The van der Waals surface area contributed by atoms with Gasteiger partial charge in [0.05, 0.1) is 0 Å². The zero-order valence-electron chi connectivity index (χ0n) is 18.3. The summed E-state index contributed by atoms with van der Waals surface area (Å²) in [6.45, 7) is 9.41. The van der Waals surface area contributed by atoms with Gasteiger partial charge >= 0.3 is 6.09 Å². The van der Waals surface area contributed by atoms with Gasteiger partial charge in [0, 0.05) is 42.0 Å². The summed E-state index contributed by atoms with van der Waals surface area (Å²) in [5.41, 5.74) is 1.02. The Kier molecular flexibility index (Phi) is 5.52. The van der Waals surface area contributed by atoms with Crippen LogP contribution in [-0.2, 0) is 4.74 Å². The number of carbonyl (C=O) groups excluding carboxylic acids is 1. The minimum atomic E-state index is -0.519. The van der Waals surface area contributed by atoms with E-state index in [0.717, 1.165) is 27.8 Å². The number of aromatic nitrogens is 2. The number of ether oxygens (including phenoxy) is 1. The molecule has 2 heterocycles. The number of rotatable bonds is 2. The Balaban J connectivity index is 1.63. The summed E-state index contributed by atoms with van der Waals surface area (Å²) in [6, 6.07) is 14.3. The molecule has 162 valence electrons. The Morgan fingerprint density at radius 2 is 1.71 bits per heavy atom. The number of hydrogen-bond donors (Lipinski definition) is 0. The highest BCUT2D eigenvalue weighted by molar-refractivity contribution is 6.00. The van der Waals surface area contributed by atoms with E-state index in [9.17, 15) is 9.18 Å². The van der Waals surface area contributed by atoms with Crippen LogP contribution in [0.5, 0.6) is 0 Å². The zero-order valence-corrected chi connectivity index (χ0v) is 18.3. The number of anilines is 1. The zero-order chi connectivity index (χ0) is 22.2. The average Bonchev–Trinajstić information content (AvgIpc) is 2.73. The van der Waals surface area contributed by atoms with E-state index in [4.69, 9.17) is 4.74 Å². The number of amides is 1. The summed E-state index contributed by atoms with van der Waals surface area (Å²) >= 11 is 0. The van der Waals surface area contributed by atoms with Crippen molar-refractivity contribution in [2.24, 2.45) is 0 Å². The van der Waals surface area contributed by atoms with Gasteiger partial charge in [0.25, 0.3) is 0 Å². The lowest BCUT2D eigenvalue weighted by Gasteiger charge is -2.41. The second kappa shape index (κ2) is 8.13. The molecular formula is C24H27FN4O2. The third kappa shape index (κ3) is 4.45. The van der Waals surface area contributed by atoms with E-state index in [1.54, 1.807) is 17.0 Å². The summed E-state index contributed by atoms with van der Waals surface area (Å²) in [7, 11) is 0. The standard InChI is InChI=1S/C24H27FN4O2/c1-16-15-28(23(30)31-24(2,3)4)13-14-29(16)22-20-8-6-5-7-19(20)21(26-27-22)17-9-11-18(25)12-10-17/h5-12,16H,13-15H2,1-4H3. The van der Waals surface area contributed by atoms with Gasteiger partial charge in [-0.05, 0) is 52.0 Å². The van der Waals surface area contributed by atoms with Gasteiger partial charge < -0.3 is 14.5 Å². The predicted molar refractivity (Wildman–Crippen MR) is 120 cm³/mol. The summed E-state index contributed by atoms with van der Waals surface area (Å²) in [5.74, 6) is 0.507. The first-order valence-corrected chi connectivity index (χ1v) is 10.5. The van der Waals surface area contributed by atoms with Gasteiger partial charge in [-0.15, -0.1) is 10.2 Å². The van der Waals surface area contributed by atoms with Gasteiger partial charge in [-0.3, -0.25) is 0 Å². The van der Waals surface area contributed by atoms with Gasteiger partial charge in [-0.2, -0.15) is 0 Å². The van der Waals surface area contributed by atoms with Crippen LogP contribution >= 0.6 is 0 Å². The van der Waals surface area contributed by atoms with Crippen molar-refractivity contribution >= 4 is 22.7 Å².